The largest absolute Gasteiger partial charge is 0.456 e. The van der Waals surface area contributed by atoms with Crippen LogP contribution >= 0.6 is 11.8 Å². The van der Waals surface area contributed by atoms with Gasteiger partial charge in [-0.1, -0.05) is 163 Å². The fraction of sp³-hybridized carbons (Fsp3) is 0. The highest BCUT2D eigenvalue weighted by atomic mass is 32.2. The average molecular weight is 945 g/mol. The molecule has 0 N–H and O–H groups in total. The molecule has 0 aliphatic carbocycles. The molecule has 0 saturated heterocycles. The lowest BCUT2D eigenvalue weighted by molar-refractivity contribution is 0.668. The summed E-state index contributed by atoms with van der Waals surface area (Å²) >= 11 is 1.73. The Hall–Kier alpha value is -9.23. The number of benzene rings is 11. The van der Waals surface area contributed by atoms with Crippen LogP contribution in [0, 0.1) is 0 Å². The second kappa shape index (κ2) is 20.0. The first-order valence-corrected chi connectivity index (χ1v) is 25.0. The van der Waals surface area contributed by atoms with Crippen LogP contribution in [-0.4, -0.2) is 0 Å². The third kappa shape index (κ3) is 8.95. The standard InChI is InChI=1S/C66H48N4OS/c1-8-25-49(26-9-1)67(50-27-10-2-11-28-50)57-43-58(68(51-29-12-3-13-30-51)52-31-14-4-15-32-52)45-59(44-57)69(53-33-16-5-17-34-53)56-39-24-40-60(46-56)72-61-47-63(66-62-41-22-23-42-64(62)71-65(66)48-61)70(54-35-18-6-19-36-54)55-37-20-7-21-38-55/h1-48H. The van der Waals surface area contributed by atoms with Crippen molar-refractivity contribution in [2.45, 2.75) is 9.79 Å². The minimum absolute atomic E-state index is 0.835. The quantitative estimate of drug-likeness (QED) is 0.108. The number of para-hydroxylation sites is 8. The third-order valence-electron chi connectivity index (χ3n) is 12.7. The molecule has 12 rings (SSSR count). The number of fused-ring (bicyclic) bond motifs is 3. The van der Waals surface area contributed by atoms with Crippen molar-refractivity contribution in [3.8, 4) is 0 Å². The van der Waals surface area contributed by atoms with Gasteiger partial charge >= 0.3 is 0 Å². The van der Waals surface area contributed by atoms with Crippen LogP contribution in [-0.2, 0) is 0 Å². The number of rotatable bonds is 14. The molecule has 0 saturated carbocycles. The summed E-state index contributed by atoms with van der Waals surface area (Å²) in [6.45, 7) is 0. The Morgan fingerprint density at radius 3 is 1.00 bits per heavy atom. The Kier molecular flexibility index (Phi) is 12.2. The minimum Gasteiger partial charge on any atom is -0.456 e. The van der Waals surface area contributed by atoms with Gasteiger partial charge in [0.15, 0.2) is 0 Å². The number of hydrogen-bond donors (Lipinski definition) is 0. The van der Waals surface area contributed by atoms with Crippen molar-refractivity contribution < 1.29 is 4.42 Å². The molecule has 0 aliphatic heterocycles. The molecule has 5 nitrogen and oxygen atoms in total. The zero-order valence-electron chi connectivity index (χ0n) is 39.3. The van der Waals surface area contributed by atoms with Gasteiger partial charge in [-0.15, -0.1) is 0 Å². The summed E-state index contributed by atoms with van der Waals surface area (Å²) in [5.41, 5.74) is 14.2. The van der Waals surface area contributed by atoms with E-state index in [1.54, 1.807) is 11.8 Å². The summed E-state index contributed by atoms with van der Waals surface area (Å²) in [5.74, 6) is 0. The predicted octanol–water partition coefficient (Wildman–Crippen LogP) is 19.6. The number of furan rings is 1. The summed E-state index contributed by atoms with van der Waals surface area (Å²) in [6.07, 6.45) is 0. The van der Waals surface area contributed by atoms with Crippen molar-refractivity contribution in [3.63, 3.8) is 0 Å². The first-order chi connectivity index (χ1) is 35.7. The summed E-state index contributed by atoms with van der Waals surface area (Å²) in [4.78, 5) is 11.5. The van der Waals surface area contributed by atoms with Gasteiger partial charge in [-0.25, -0.2) is 0 Å². The molecule has 0 aliphatic rings. The summed E-state index contributed by atoms with van der Waals surface area (Å²) in [6, 6.07) is 103. The lowest BCUT2D eigenvalue weighted by Crippen LogP contribution is -2.16. The summed E-state index contributed by atoms with van der Waals surface area (Å²) in [7, 11) is 0. The molecule has 0 radical (unpaired) electrons. The van der Waals surface area contributed by atoms with Crippen LogP contribution < -0.4 is 19.6 Å². The van der Waals surface area contributed by atoms with E-state index < -0.39 is 0 Å². The predicted molar refractivity (Wildman–Crippen MR) is 303 cm³/mol. The smallest absolute Gasteiger partial charge is 0.138 e. The van der Waals surface area contributed by atoms with Crippen molar-refractivity contribution >= 4 is 102 Å². The van der Waals surface area contributed by atoms with Crippen LogP contribution in [0.3, 0.4) is 0 Å². The van der Waals surface area contributed by atoms with Gasteiger partial charge in [0.05, 0.1) is 28.1 Å². The van der Waals surface area contributed by atoms with Crippen LogP contribution in [0.5, 0.6) is 0 Å². The van der Waals surface area contributed by atoms with Crippen LogP contribution in [0.15, 0.2) is 305 Å². The molecular formula is C66H48N4OS. The maximum Gasteiger partial charge on any atom is 0.138 e. The Bertz CT molecular complexity index is 3510. The molecular weight excluding hydrogens is 897 g/mol. The molecule has 1 aromatic heterocycles. The molecule has 6 heteroatoms. The Morgan fingerprint density at radius 1 is 0.236 bits per heavy atom. The molecule has 11 aromatic carbocycles. The average Bonchev–Trinajstić information content (AvgIpc) is 3.82. The lowest BCUT2D eigenvalue weighted by Gasteiger charge is -2.33. The number of anilines is 12. The molecule has 0 fully saturated rings. The normalized spacial score (nSPS) is 11.1. The summed E-state index contributed by atoms with van der Waals surface area (Å²) < 4.78 is 6.70. The van der Waals surface area contributed by atoms with E-state index in [4.69, 9.17) is 4.42 Å². The monoisotopic (exact) mass is 944 g/mol. The van der Waals surface area contributed by atoms with Crippen molar-refractivity contribution in [3.05, 3.63) is 291 Å². The first-order valence-electron chi connectivity index (χ1n) is 24.2. The highest BCUT2D eigenvalue weighted by molar-refractivity contribution is 7.99. The Morgan fingerprint density at radius 2 is 0.583 bits per heavy atom. The van der Waals surface area contributed by atoms with E-state index in [-0.39, 0.29) is 0 Å². The molecule has 0 spiro atoms. The van der Waals surface area contributed by atoms with Gasteiger partial charge in [-0.3, -0.25) is 0 Å². The highest BCUT2D eigenvalue weighted by Crippen LogP contribution is 2.49. The molecule has 0 bridgehead atoms. The van der Waals surface area contributed by atoms with Crippen molar-refractivity contribution in [2.75, 3.05) is 19.6 Å². The fourth-order valence-corrected chi connectivity index (χ4v) is 10.6. The van der Waals surface area contributed by atoms with Crippen molar-refractivity contribution in [1.29, 1.82) is 0 Å². The molecule has 0 atom stereocenters. The van der Waals surface area contributed by atoms with Gasteiger partial charge in [-0.2, -0.15) is 0 Å². The topological polar surface area (TPSA) is 26.1 Å². The van der Waals surface area contributed by atoms with Crippen molar-refractivity contribution in [1.82, 2.24) is 0 Å². The van der Waals surface area contributed by atoms with E-state index in [1.807, 2.05) is 6.07 Å². The van der Waals surface area contributed by atoms with E-state index in [2.05, 4.69) is 305 Å². The molecule has 0 unspecified atom stereocenters. The molecule has 12 aromatic rings. The van der Waals surface area contributed by atoms with Gasteiger partial charge in [0, 0.05) is 60.7 Å². The van der Waals surface area contributed by atoms with Gasteiger partial charge in [-0.05, 0) is 140 Å². The zero-order chi connectivity index (χ0) is 48.1. The zero-order valence-corrected chi connectivity index (χ0v) is 40.1. The van der Waals surface area contributed by atoms with Crippen molar-refractivity contribution in [2.24, 2.45) is 0 Å². The second-order valence-electron chi connectivity index (χ2n) is 17.4. The van der Waals surface area contributed by atoms with Gasteiger partial charge in [0.25, 0.3) is 0 Å². The molecule has 344 valence electrons. The lowest BCUT2D eigenvalue weighted by atomic mass is 10.1. The van der Waals surface area contributed by atoms with E-state index in [9.17, 15) is 0 Å². The minimum atomic E-state index is 0.835. The molecule has 72 heavy (non-hydrogen) atoms. The van der Waals surface area contributed by atoms with E-state index in [0.29, 0.717) is 0 Å². The maximum absolute atomic E-state index is 6.70. The summed E-state index contributed by atoms with van der Waals surface area (Å²) in [5, 5.41) is 2.15. The number of nitrogens with zero attached hydrogens (tertiary/aromatic N) is 4. The SMILES string of the molecule is c1ccc(N(c2ccccc2)c2cc(N(c3ccccc3)c3ccccc3)cc(N(c3ccccc3)c3cccc(Sc4cc(N(c5ccccc5)c5ccccc5)c5c(c4)oc4ccccc45)c3)c2)cc1. The highest BCUT2D eigenvalue weighted by Gasteiger charge is 2.24. The second-order valence-corrected chi connectivity index (χ2v) is 18.6. The molecule has 1 heterocycles. The maximum atomic E-state index is 6.70. The van der Waals surface area contributed by atoms with Crippen LogP contribution in [0.4, 0.5) is 68.2 Å². The Balaban J connectivity index is 1.03. The van der Waals surface area contributed by atoms with Gasteiger partial charge in [0.2, 0.25) is 0 Å². The third-order valence-corrected chi connectivity index (χ3v) is 13.7. The van der Waals surface area contributed by atoms with E-state index >= 15 is 0 Å². The van der Waals surface area contributed by atoms with Gasteiger partial charge in [0.1, 0.15) is 11.2 Å². The first kappa shape index (κ1) is 44.0. The van der Waals surface area contributed by atoms with Crippen LogP contribution in [0.1, 0.15) is 0 Å². The van der Waals surface area contributed by atoms with Crippen LogP contribution in [0.2, 0.25) is 0 Å². The van der Waals surface area contributed by atoms with Crippen LogP contribution in [0.25, 0.3) is 21.9 Å². The Labute approximate surface area is 424 Å². The molecule has 0 amide bonds. The van der Waals surface area contributed by atoms with E-state index in [1.165, 1.54) is 0 Å². The van der Waals surface area contributed by atoms with E-state index in [0.717, 1.165) is 100.0 Å². The van der Waals surface area contributed by atoms with Gasteiger partial charge < -0.3 is 24.0 Å². The number of hydrogen-bond acceptors (Lipinski definition) is 6. The fourth-order valence-electron chi connectivity index (χ4n) is 9.64.